The van der Waals surface area contributed by atoms with E-state index >= 15 is 0 Å². The van der Waals surface area contributed by atoms with Gasteiger partial charge in [-0.25, -0.2) is 0 Å². The Morgan fingerprint density at radius 3 is 2.91 bits per heavy atom. The van der Waals surface area contributed by atoms with Crippen LogP contribution in [0.3, 0.4) is 0 Å². The van der Waals surface area contributed by atoms with E-state index in [0.29, 0.717) is 16.9 Å². The second kappa shape index (κ2) is 5.49. The summed E-state index contributed by atoms with van der Waals surface area (Å²) in [5, 5.41) is 3.98. The van der Waals surface area contributed by atoms with E-state index in [-0.39, 0.29) is 17.7 Å². The number of nitrogens with zero attached hydrogens (tertiary/aromatic N) is 1. The highest BCUT2D eigenvalue weighted by Gasteiger charge is 2.33. The molecule has 2 aromatic rings. The number of hydrogen-bond acceptors (Lipinski definition) is 4. The summed E-state index contributed by atoms with van der Waals surface area (Å²) in [7, 11) is 0. The van der Waals surface area contributed by atoms with Crippen molar-refractivity contribution in [3.05, 3.63) is 35.6 Å². The van der Waals surface area contributed by atoms with Crippen LogP contribution in [-0.4, -0.2) is 42.3 Å². The van der Waals surface area contributed by atoms with Crippen molar-refractivity contribution in [2.45, 2.75) is 25.8 Å². The minimum Gasteiger partial charge on any atom is -0.453 e. The molecule has 3 atom stereocenters. The van der Waals surface area contributed by atoms with Crippen molar-refractivity contribution in [1.82, 2.24) is 10.2 Å². The number of rotatable bonds is 3. The van der Waals surface area contributed by atoms with Gasteiger partial charge in [0, 0.05) is 37.0 Å². The molecular weight excluding hydrogens is 292 g/mol. The van der Waals surface area contributed by atoms with Crippen molar-refractivity contribution in [3.8, 4) is 0 Å². The van der Waals surface area contributed by atoms with E-state index in [1.807, 2.05) is 6.07 Å². The molecule has 1 unspecified atom stereocenters. The van der Waals surface area contributed by atoms with Crippen LogP contribution in [-0.2, 0) is 0 Å². The minimum atomic E-state index is -0.112. The first-order chi connectivity index (χ1) is 11.1. The smallest absolute Gasteiger partial charge is 0.251 e. The molecule has 1 aromatic heterocycles. The highest BCUT2D eigenvalue weighted by atomic mass is 16.3. The number of hydrogen-bond donors (Lipinski definition) is 1. The number of Topliss-reactive ketones (excluding diaryl/α,β-unsaturated/α-hetero) is 1. The lowest BCUT2D eigenvalue weighted by Gasteiger charge is -2.30. The fourth-order valence-corrected chi connectivity index (χ4v) is 3.78. The summed E-state index contributed by atoms with van der Waals surface area (Å²) in [6.07, 6.45) is 2.32. The molecule has 2 aliphatic rings. The van der Waals surface area contributed by atoms with Crippen LogP contribution in [0.2, 0.25) is 0 Å². The molecule has 1 N–H and O–H groups in total. The number of nitrogens with one attached hydrogen (secondary N) is 1. The summed E-state index contributed by atoms with van der Waals surface area (Å²) in [4.78, 5) is 26.3. The average Bonchev–Trinajstić information content (AvgIpc) is 3.09. The zero-order chi connectivity index (χ0) is 16.0. The predicted molar refractivity (Wildman–Crippen MR) is 86.6 cm³/mol. The van der Waals surface area contributed by atoms with E-state index in [1.165, 1.54) is 19.9 Å². The summed E-state index contributed by atoms with van der Waals surface area (Å²) in [5.41, 5.74) is 1.16. The number of carbonyl (C=O) groups excluding carboxylic acids is 2. The standard InChI is InChI=1S/C18H20N2O3/c1-11(21)16-7-13-2-3-14(8-17(13)23-16)18(22)19-15-6-12-4-5-20(9-12)10-15/h2-3,7-8,12,15H,4-6,9-10H2,1H3,(H,19,22)/t12-,15+/m0/s1. The molecule has 0 radical (unpaired) electrons. The number of benzene rings is 1. The van der Waals surface area contributed by atoms with Crippen molar-refractivity contribution in [3.63, 3.8) is 0 Å². The van der Waals surface area contributed by atoms with Crippen molar-refractivity contribution < 1.29 is 14.0 Å². The summed E-state index contributed by atoms with van der Waals surface area (Å²) in [6.45, 7) is 4.75. The Balaban J connectivity index is 1.51. The molecular formula is C18H20N2O3. The van der Waals surface area contributed by atoms with Gasteiger partial charge >= 0.3 is 0 Å². The highest BCUT2D eigenvalue weighted by Crippen LogP contribution is 2.27. The third-order valence-electron chi connectivity index (χ3n) is 4.93. The number of piperidine rings is 1. The van der Waals surface area contributed by atoms with Crippen molar-refractivity contribution in [2.75, 3.05) is 19.6 Å². The van der Waals surface area contributed by atoms with Gasteiger partial charge in [-0.2, -0.15) is 0 Å². The van der Waals surface area contributed by atoms with Crippen LogP contribution in [0.5, 0.6) is 0 Å². The van der Waals surface area contributed by atoms with E-state index in [4.69, 9.17) is 4.42 Å². The van der Waals surface area contributed by atoms with E-state index in [1.54, 1.807) is 18.2 Å². The second-order valence-electron chi connectivity index (χ2n) is 6.74. The maximum Gasteiger partial charge on any atom is 0.251 e. The largest absolute Gasteiger partial charge is 0.453 e. The lowest BCUT2D eigenvalue weighted by Crippen LogP contribution is -2.47. The molecule has 120 valence electrons. The maximum absolute atomic E-state index is 12.5. The Morgan fingerprint density at radius 1 is 1.26 bits per heavy atom. The molecule has 5 nitrogen and oxygen atoms in total. The van der Waals surface area contributed by atoms with Gasteiger partial charge in [-0.15, -0.1) is 0 Å². The Kier molecular flexibility index (Phi) is 3.45. The number of carbonyl (C=O) groups is 2. The lowest BCUT2D eigenvalue weighted by molar-refractivity contribution is 0.0909. The number of ketones is 1. The molecule has 0 aliphatic carbocycles. The number of furan rings is 1. The fourth-order valence-electron chi connectivity index (χ4n) is 3.78. The van der Waals surface area contributed by atoms with Crippen LogP contribution in [0.15, 0.2) is 28.7 Å². The molecule has 0 spiro atoms. The van der Waals surface area contributed by atoms with Crippen LogP contribution in [0.1, 0.15) is 40.7 Å². The molecule has 1 aromatic carbocycles. The monoisotopic (exact) mass is 312 g/mol. The first kappa shape index (κ1) is 14.5. The molecule has 5 heteroatoms. The van der Waals surface area contributed by atoms with Crippen molar-refractivity contribution in [2.24, 2.45) is 5.92 Å². The third kappa shape index (κ3) is 2.77. The minimum absolute atomic E-state index is 0.0693. The van der Waals surface area contributed by atoms with Crippen LogP contribution >= 0.6 is 0 Å². The fraction of sp³-hybridized carbons (Fsp3) is 0.444. The molecule has 2 fully saturated rings. The predicted octanol–water partition coefficient (Wildman–Crippen LogP) is 2.46. The summed E-state index contributed by atoms with van der Waals surface area (Å²) in [5.74, 6) is 0.869. The number of fused-ring (bicyclic) bond motifs is 3. The molecule has 4 rings (SSSR count). The normalized spacial score (nSPS) is 26.4. The zero-order valence-corrected chi connectivity index (χ0v) is 13.2. The van der Waals surface area contributed by atoms with Gasteiger partial charge in [-0.1, -0.05) is 6.07 Å². The zero-order valence-electron chi connectivity index (χ0n) is 13.2. The van der Waals surface area contributed by atoms with Gasteiger partial charge in [0.15, 0.2) is 11.5 Å². The van der Waals surface area contributed by atoms with E-state index < -0.39 is 0 Å². The SMILES string of the molecule is CC(=O)c1cc2ccc(C(=O)N[C@@H]3C[C@@H]4CCN(C4)C3)cc2o1. The molecule has 2 aliphatic heterocycles. The van der Waals surface area contributed by atoms with E-state index in [9.17, 15) is 9.59 Å². The van der Waals surface area contributed by atoms with Gasteiger partial charge < -0.3 is 14.6 Å². The topological polar surface area (TPSA) is 62.6 Å². The van der Waals surface area contributed by atoms with Crippen LogP contribution < -0.4 is 5.32 Å². The van der Waals surface area contributed by atoms with Crippen molar-refractivity contribution >= 4 is 22.7 Å². The first-order valence-corrected chi connectivity index (χ1v) is 8.16. The molecule has 2 saturated heterocycles. The Hall–Kier alpha value is -2.14. The van der Waals surface area contributed by atoms with Crippen LogP contribution in [0.25, 0.3) is 11.0 Å². The van der Waals surface area contributed by atoms with Gasteiger partial charge in [-0.05, 0) is 43.5 Å². The number of amides is 1. The Morgan fingerprint density at radius 2 is 2.13 bits per heavy atom. The van der Waals surface area contributed by atoms with Crippen LogP contribution in [0, 0.1) is 5.92 Å². The van der Waals surface area contributed by atoms with Gasteiger partial charge in [0.2, 0.25) is 0 Å². The molecule has 23 heavy (non-hydrogen) atoms. The van der Waals surface area contributed by atoms with Gasteiger partial charge in [0.25, 0.3) is 5.91 Å². The molecule has 3 heterocycles. The quantitative estimate of drug-likeness (QED) is 0.884. The second-order valence-corrected chi connectivity index (χ2v) is 6.74. The summed E-state index contributed by atoms with van der Waals surface area (Å²) < 4.78 is 5.52. The Labute approximate surface area is 134 Å². The van der Waals surface area contributed by atoms with Crippen LogP contribution in [0.4, 0.5) is 0 Å². The first-order valence-electron chi connectivity index (χ1n) is 8.16. The molecule has 1 amide bonds. The van der Waals surface area contributed by atoms with Gasteiger partial charge in [0.1, 0.15) is 5.58 Å². The third-order valence-corrected chi connectivity index (χ3v) is 4.93. The summed E-state index contributed by atoms with van der Waals surface area (Å²) >= 11 is 0. The molecule has 2 bridgehead atoms. The van der Waals surface area contributed by atoms with Crippen molar-refractivity contribution in [1.29, 1.82) is 0 Å². The molecule has 0 saturated carbocycles. The summed E-state index contributed by atoms with van der Waals surface area (Å²) in [6, 6.07) is 7.27. The maximum atomic E-state index is 12.5. The highest BCUT2D eigenvalue weighted by molar-refractivity contribution is 6.00. The van der Waals surface area contributed by atoms with E-state index in [2.05, 4.69) is 10.2 Å². The van der Waals surface area contributed by atoms with Gasteiger partial charge in [-0.3, -0.25) is 9.59 Å². The Bertz CT molecular complexity index is 768. The average molecular weight is 312 g/mol. The van der Waals surface area contributed by atoms with E-state index in [0.717, 1.165) is 30.8 Å². The lowest BCUT2D eigenvalue weighted by atomic mass is 9.96. The van der Waals surface area contributed by atoms with Gasteiger partial charge in [0.05, 0.1) is 0 Å².